The number of carbonyl (C=O) groups is 2. The minimum atomic E-state index is -4.64. The Labute approximate surface area is 218 Å². The number of hydrogen-bond acceptors (Lipinski definition) is 4. The lowest BCUT2D eigenvalue weighted by molar-refractivity contribution is -0.141. The van der Waals surface area contributed by atoms with E-state index in [9.17, 15) is 22.8 Å². The molecule has 2 aliphatic heterocycles. The zero-order valence-corrected chi connectivity index (χ0v) is 21.2. The third-order valence-corrected chi connectivity index (χ3v) is 7.31. The van der Waals surface area contributed by atoms with Crippen molar-refractivity contribution in [3.05, 3.63) is 77.1 Å². The summed E-state index contributed by atoms with van der Waals surface area (Å²) in [6.07, 6.45) is -3.02. The molecule has 1 saturated heterocycles. The molecule has 3 heterocycles. The molecular weight excluding hydrogens is 497 g/mol. The van der Waals surface area contributed by atoms with Crippen LogP contribution in [-0.4, -0.2) is 41.7 Å². The van der Waals surface area contributed by atoms with Crippen LogP contribution in [0.4, 0.5) is 29.3 Å². The van der Waals surface area contributed by atoms with Crippen LogP contribution in [0.25, 0.3) is 11.1 Å². The quantitative estimate of drug-likeness (QED) is 0.442. The Morgan fingerprint density at radius 3 is 2.68 bits per heavy atom. The summed E-state index contributed by atoms with van der Waals surface area (Å²) in [6, 6.07) is 13.2. The van der Waals surface area contributed by atoms with Gasteiger partial charge >= 0.3 is 12.2 Å². The van der Waals surface area contributed by atoms with Gasteiger partial charge in [-0.25, -0.2) is 4.79 Å². The number of pyridine rings is 1. The van der Waals surface area contributed by atoms with E-state index in [1.165, 1.54) is 6.07 Å². The zero-order valence-electron chi connectivity index (χ0n) is 21.2. The Hall–Kier alpha value is -3.92. The molecule has 0 spiro atoms. The number of anilines is 2. The number of rotatable bonds is 4. The first-order chi connectivity index (χ1) is 18.0. The highest BCUT2D eigenvalue weighted by atomic mass is 19.4. The minimum absolute atomic E-state index is 0.0827. The molecule has 198 valence electrons. The molecule has 1 N–H and O–H groups in total. The van der Waals surface area contributed by atoms with Crippen LogP contribution in [0.1, 0.15) is 47.4 Å². The van der Waals surface area contributed by atoms with E-state index < -0.39 is 23.3 Å². The van der Waals surface area contributed by atoms with Gasteiger partial charge in [0.2, 0.25) is 0 Å². The van der Waals surface area contributed by atoms with Gasteiger partial charge in [-0.15, -0.1) is 0 Å². The number of alkyl halides is 3. The van der Waals surface area contributed by atoms with Crippen LogP contribution in [0.2, 0.25) is 0 Å². The Morgan fingerprint density at radius 1 is 1.16 bits per heavy atom. The number of ether oxygens (including phenoxy) is 1. The first-order valence-electron chi connectivity index (χ1n) is 12.3. The number of hydrogen-bond donors (Lipinski definition) is 1. The highest BCUT2D eigenvalue weighted by Crippen LogP contribution is 2.46. The monoisotopic (exact) mass is 524 g/mol. The smallest absolute Gasteiger partial charge is 0.361 e. The molecule has 3 amide bonds. The molecule has 38 heavy (non-hydrogen) atoms. The first-order valence-corrected chi connectivity index (χ1v) is 12.3. The standard InChI is InChI=1S/C28H27F3N4O3/c1-4-34-23-8-6-18(13-22(23)27(3)10-12-38-16-35(27)26(34)37)21-15-20(7-5-17(21)2)33-25(36)19-9-11-32-24(14-19)28(29,30)31/h5-9,11,13-15H,4,10,12,16H2,1-3H3,(H,33,36). The topological polar surface area (TPSA) is 74.8 Å². The number of aromatic nitrogens is 1. The highest BCUT2D eigenvalue weighted by Gasteiger charge is 2.47. The van der Waals surface area contributed by atoms with E-state index in [1.54, 1.807) is 21.9 Å². The van der Waals surface area contributed by atoms with Crippen molar-refractivity contribution < 1.29 is 27.5 Å². The summed E-state index contributed by atoms with van der Waals surface area (Å²) in [5.41, 5.74) is 3.26. The van der Waals surface area contributed by atoms with Crippen LogP contribution in [0.15, 0.2) is 54.7 Å². The number of nitrogens with zero attached hydrogens (tertiary/aromatic N) is 3. The van der Waals surface area contributed by atoms with Crippen molar-refractivity contribution in [2.75, 3.05) is 30.1 Å². The molecule has 0 saturated carbocycles. The number of fused-ring (bicyclic) bond motifs is 3. The third kappa shape index (κ3) is 4.38. The summed E-state index contributed by atoms with van der Waals surface area (Å²) in [4.78, 5) is 32.7. The maximum atomic E-state index is 13.2. The van der Waals surface area contributed by atoms with Crippen LogP contribution in [0, 0.1) is 6.92 Å². The largest absolute Gasteiger partial charge is 0.433 e. The molecule has 5 rings (SSSR count). The SMILES string of the molecule is CCN1C(=O)N2COCCC2(C)c2cc(-c3cc(NC(=O)c4ccnc(C(F)(F)F)c4)ccc3C)ccc21. The summed E-state index contributed by atoms with van der Waals surface area (Å²) in [7, 11) is 0. The second kappa shape index (κ2) is 9.43. The van der Waals surface area contributed by atoms with Crippen molar-refractivity contribution in [3.8, 4) is 11.1 Å². The lowest BCUT2D eigenvalue weighted by Crippen LogP contribution is -2.60. The van der Waals surface area contributed by atoms with Gasteiger partial charge in [-0.3, -0.25) is 19.6 Å². The molecule has 1 fully saturated rings. The Bertz CT molecular complexity index is 1420. The summed E-state index contributed by atoms with van der Waals surface area (Å²) in [6.45, 7) is 7.21. The molecular formula is C28H27F3N4O3. The minimum Gasteiger partial charge on any atom is -0.361 e. The van der Waals surface area contributed by atoms with Crippen molar-refractivity contribution in [1.29, 1.82) is 0 Å². The average Bonchev–Trinajstić information content (AvgIpc) is 2.89. The number of amides is 3. The van der Waals surface area contributed by atoms with Crippen LogP contribution in [-0.2, 0) is 16.5 Å². The maximum absolute atomic E-state index is 13.2. The van der Waals surface area contributed by atoms with Crippen LogP contribution >= 0.6 is 0 Å². The molecule has 1 atom stereocenters. The number of urea groups is 1. The maximum Gasteiger partial charge on any atom is 0.433 e. The molecule has 1 unspecified atom stereocenters. The van der Waals surface area contributed by atoms with E-state index in [2.05, 4.69) is 23.3 Å². The van der Waals surface area contributed by atoms with Gasteiger partial charge in [-0.05, 0) is 80.3 Å². The lowest BCUT2D eigenvalue weighted by atomic mass is 9.81. The third-order valence-electron chi connectivity index (χ3n) is 7.31. The fourth-order valence-electron chi connectivity index (χ4n) is 5.12. The van der Waals surface area contributed by atoms with E-state index in [0.717, 1.165) is 40.2 Å². The molecule has 2 aliphatic rings. The molecule has 0 bridgehead atoms. The highest BCUT2D eigenvalue weighted by molar-refractivity contribution is 6.04. The van der Waals surface area contributed by atoms with Gasteiger partial charge < -0.3 is 10.1 Å². The van der Waals surface area contributed by atoms with Crippen molar-refractivity contribution >= 4 is 23.3 Å². The fourth-order valence-corrected chi connectivity index (χ4v) is 5.12. The van der Waals surface area contributed by atoms with Gasteiger partial charge in [-0.1, -0.05) is 12.1 Å². The molecule has 0 aliphatic carbocycles. The van der Waals surface area contributed by atoms with E-state index >= 15 is 0 Å². The van der Waals surface area contributed by atoms with Crippen LogP contribution < -0.4 is 10.2 Å². The Balaban J connectivity index is 1.50. The Morgan fingerprint density at radius 2 is 1.95 bits per heavy atom. The zero-order chi connectivity index (χ0) is 27.2. The second-order valence-corrected chi connectivity index (χ2v) is 9.66. The van der Waals surface area contributed by atoms with Crippen LogP contribution in [0.3, 0.4) is 0 Å². The van der Waals surface area contributed by atoms with E-state index in [0.29, 0.717) is 25.3 Å². The van der Waals surface area contributed by atoms with Crippen LogP contribution in [0.5, 0.6) is 0 Å². The summed E-state index contributed by atoms with van der Waals surface area (Å²) in [5, 5.41) is 2.70. The fraction of sp³-hybridized carbons (Fsp3) is 0.321. The van der Waals surface area contributed by atoms with Gasteiger partial charge in [0.05, 0.1) is 17.8 Å². The van der Waals surface area contributed by atoms with E-state index in [-0.39, 0.29) is 18.3 Å². The number of benzene rings is 2. The molecule has 1 aromatic heterocycles. The Kier molecular flexibility index (Phi) is 6.38. The average molecular weight is 525 g/mol. The van der Waals surface area contributed by atoms with Crippen molar-refractivity contribution in [1.82, 2.24) is 9.88 Å². The number of nitrogens with one attached hydrogen (secondary N) is 1. The predicted octanol–water partition coefficient (Wildman–Crippen LogP) is 6.18. The van der Waals surface area contributed by atoms with E-state index in [4.69, 9.17) is 4.74 Å². The van der Waals surface area contributed by atoms with Gasteiger partial charge in [0, 0.05) is 29.6 Å². The van der Waals surface area contributed by atoms with Crippen molar-refractivity contribution in [2.45, 2.75) is 38.9 Å². The van der Waals surface area contributed by atoms with Gasteiger partial charge in [0.15, 0.2) is 0 Å². The molecule has 2 aromatic carbocycles. The van der Waals surface area contributed by atoms with E-state index in [1.807, 2.05) is 32.0 Å². The van der Waals surface area contributed by atoms with Gasteiger partial charge in [-0.2, -0.15) is 13.2 Å². The van der Waals surface area contributed by atoms with Gasteiger partial charge in [0.25, 0.3) is 5.91 Å². The van der Waals surface area contributed by atoms with Crippen molar-refractivity contribution in [2.24, 2.45) is 0 Å². The first kappa shape index (κ1) is 25.7. The normalized spacial score (nSPS) is 19.2. The molecule has 0 radical (unpaired) electrons. The molecule has 10 heteroatoms. The molecule has 3 aromatic rings. The number of aryl methyl sites for hydroxylation is 1. The summed E-state index contributed by atoms with van der Waals surface area (Å²) >= 11 is 0. The second-order valence-electron chi connectivity index (χ2n) is 9.66. The number of halogens is 3. The number of carbonyl (C=O) groups excluding carboxylic acids is 2. The van der Waals surface area contributed by atoms with Gasteiger partial charge in [0.1, 0.15) is 12.4 Å². The molecule has 7 nitrogen and oxygen atoms in total. The summed E-state index contributed by atoms with van der Waals surface area (Å²) in [5.74, 6) is -0.666. The summed E-state index contributed by atoms with van der Waals surface area (Å²) < 4.78 is 44.7. The lowest BCUT2D eigenvalue weighted by Gasteiger charge is -2.51. The predicted molar refractivity (Wildman–Crippen MR) is 137 cm³/mol. The van der Waals surface area contributed by atoms with Crippen molar-refractivity contribution in [3.63, 3.8) is 0 Å².